The summed E-state index contributed by atoms with van der Waals surface area (Å²) in [6.07, 6.45) is -2.56. The normalized spacial score (nSPS) is 14.2. The van der Waals surface area contributed by atoms with Crippen molar-refractivity contribution in [2.45, 2.75) is 32.9 Å². The van der Waals surface area contributed by atoms with E-state index in [1.807, 2.05) is 18.7 Å². The van der Waals surface area contributed by atoms with Gasteiger partial charge in [0.25, 0.3) is 5.91 Å². The summed E-state index contributed by atoms with van der Waals surface area (Å²) in [6.45, 7) is 4.82. The lowest BCUT2D eigenvalue weighted by Crippen LogP contribution is -2.24. The summed E-state index contributed by atoms with van der Waals surface area (Å²) in [5.41, 5.74) is 1.55. The first kappa shape index (κ1) is 21.3. The minimum atomic E-state index is -4.49. The van der Waals surface area contributed by atoms with Crippen molar-refractivity contribution >= 4 is 28.9 Å². The molecular formula is C21H22ClF3N2O2. The maximum absolute atomic E-state index is 13.1. The Labute approximate surface area is 172 Å². The van der Waals surface area contributed by atoms with E-state index in [-0.39, 0.29) is 12.3 Å². The maximum Gasteiger partial charge on any atom is 0.416 e. The monoisotopic (exact) mass is 426 g/mol. The van der Waals surface area contributed by atoms with E-state index in [0.717, 1.165) is 49.2 Å². The zero-order valence-electron chi connectivity index (χ0n) is 16.2. The van der Waals surface area contributed by atoms with Gasteiger partial charge in [0.2, 0.25) is 0 Å². The smallest absolute Gasteiger partial charge is 0.416 e. The molecule has 2 aromatic rings. The highest BCUT2D eigenvalue weighted by atomic mass is 35.5. The fourth-order valence-corrected chi connectivity index (χ4v) is 3.48. The summed E-state index contributed by atoms with van der Waals surface area (Å²) in [6, 6.07) is 6.85. The van der Waals surface area contributed by atoms with E-state index in [4.69, 9.17) is 16.3 Å². The topological polar surface area (TPSA) is 41.6 Å². The van der Waals surface area contributed by atoms with Gasteiger partial charge in [0.1, 0.15) is 5.75 Å². The fraction of sp³-hybridized carbons (Fsp3) is 0.381. The lowest BCUT2D eigenvalue weighted by molar-refractivity contribution is -0.137. The van der Waals surface area contributed by atoms with E-state index in [2.05, 4.69) is 5.32 Å². The number of carbonyl (C=O) groups is 1. The Morgan fingerprint density at radius 1 is 1.14 bits per heavy atom. The average Bonchev–Trinajstić information content (AvgIpc) is 3.18. The highest BCUT2D eigenvalue weighted by Crippen LogP contribution is 2.36. The van der Waals surface area contributed by atoms with Gasteiger partial charge in [-0.3, -0.25) is 4.79 Å². The van der Waals surface area contributed by atoms with Gasteiger partial charge in [-0.2, -0.15) is 13.2 Å². The van der Waals surface area contributed by atoms with Gasteiger partial charge in [-0.15, -0.1) is 0 Å². The molecule has 0 spiro atoms. The number of ether oxygens (including phenoxy) is 1. The molecule has 0 aliphatic carbocycles. The zero-order chi connectivity index (χ0) is 21.2. The largest absolute Gasteiger partial charge is 0.484 e. The van der Waals surface area contributed by atoms with Crippen LogP contribution in [-0.4, -0.2) is 25.6 Å². The van der Waals surface area contributed by atoms with Crippen LogP contribution in [0.5, 0.6) is 5.75 Å². The predicted octanol–water partition coefficient (Wildman–Crippen LogP) is 5.59. The third kappa shape index (κ3) is 5.15. The summed E-state index contributed by atoms with van der Waals surface area (Å²) >= 11 is 6.12. The van der Waals surface area contributed by atoms with Gasteiger partial charge >= 0.3 is 6.18 Å². The molecule has 1 aliphatic rings. The van der Waals surface area contributed by atoms with Crippen molar-refractivity contribution in [2.24, 2.45) is 0 Å². The molecule has 0 aromatic heterocycles. The number of amides is 1. The quantitative estimate of drug-likeness (QED) is 0.677. The first-order valence-corrected chi connectivity index (χ1v) is 9.68. The Morgan fingerprint density at radius 2 is 1.76 bits per heavy atom. The summed E-state index contributed by atoms with van der Waals surface area (Å²) in [5, 5.41) is 3.21. The van der Waals surface area contributed by atoms with Crippen molar-refractivity contribution < 1.29 is 22.7 Å². The van der Waals surface area contributed by atoms with E-state index in [9.17, 15) is 18.0 Å². The molecule has 1 heterocycles. The van der Waals surface area contributed by atoms with Crippen LogP contribution in [0.15, 0.2) is 30.3 Å². The molecule has 0 unspecified atom stereocenters. The number of alkyl halides is 3. The Bertz CT molecular complexity index is 886. The van der Waals surface area contributed by atoms with E-state index in [0.29, 0.717) is 16.5 Å². The SMILES string of the molecule is Cc1cc(OCC(=O)Nc2cc(C(F)(F)F)ccc2N2CCCC2)cc(C)c1Cl. The second kappa shape index (κ2) is 8.53. The van der Waals surface area contributed by atoms with Gasteiger partial charge in [-0.25, -0.2) is 0 Å². The third-order valence-electron chi connectivity index (χ3n) is 4.82. The Balaban J connectivity index is 1.76. The molecule has 0 saturated carbocycles. The van der Waals surface area contributed by atoms with Crippen LogP contribution >= 0.6 is 11.6 Å². The van der Waals surface area contributed by atoms with Crippen LogP contribution < -0.4 is 15.0 Å². The molecule has 1 N–H and O–H groups in total. The Kier molecular flexibility index (Phi) is 6.27. The number of nitrogens with zero attached hydrogens (tertiary/aromatic N) is 1. The number of carbonyl (C=O) groups excluding carboxylic acids is 1. The van der Waals surface area contributed by atoms with Gasteiger partial charge in [0.05, 0.1) is 16.9 Å². The molecule has 8 heteroatoms. The summed E-state index contributed by atoms with van der Waals surface area (Å²) < 4.78 is 44.9. The van der Waals surface area contributed by atoms with E-state index in [1.54, 1.807) is 12.1 Å². The maximum atomic E-state index is 13.1. The average molecular weight is 427 g/mol. The van der Waals surface area contributed by atoms with Gasteiger partial charge < -0.3 is 15.0 Å². The summed E-state index contributed by atoms with van der Waals surface area (Å²) in [7, 11) is 0. The Morgan fingerprint density at radius 3 is 2.34 bits per heavy atom. The lowest BCUT2D eigenvalue weighted by atomic mass is 10.1. The number of nitrogens with one attached hydrogen (secondary N) is 1. The zero-order valence-corrected chi connectivity index (χ0v) is 17.0. The van der Waals surface area contributed by atoms with Crippen LogP contribution in [0.4, 0.5) is 24.5 Å². The molecule has 1 fully saturated rings. The molecule has 3 rings (SSSR count). The second-order valence-corrected chi connectivity index (χ2v) is 7.51. The molecule has 1 saturated heterocycles. The van der Waals surface area contributed by atoms with Crippen molar-refractivity contribution in [3.8, 4) is 5.75 Å². The number of benzene rings is 2. The van der Waals surface area contributed by atoms with Crippen LogP contribution in [0.2, 0.25) is 5.02 Å². The summed E-state index contributed by atoms with van der Waals surface area (Å²) in [5.74, 6) is -0.0570. The van der Waals surface area contributed by atoms with Crippen LogP contribution in [0.25, 0.3) is 0 Å². The van der Waals surface area contributed by atoms with Gasteiger partial charge in [0.15, 0.2) is 6.61 Å². The van der Waals surface area contributed by atoms with Crippen molar-refractivity contribution in [2.75, 3.05) is 29.9 Å². The van der Waals surface area contributed by atoms with Gasteiger partial charge in [-0.1, -0.05) is 11.6 Å². The van der Waals surface area contributed by atoms with Crippen LogP contribution in [-0.2, 0) is 11.0 Å². The number of rotatable bonds is 5. The number of anilines is 2. The van der Waals surface area contributed by atoms with Crippen LogP contribution in [0.1, 0.15) is 29.5 Å². The van der Waals surface area contributed by atoms with Crippen molar-refractivity contribution in [3.63, 3.8) is 0 Å². The molecule has 156 valence electrons. The molecule has 1 amide bonds. The van der Waals surface area contributed by atoms with Crippen LogP contribution in [0.3, 0.4) is 0 Å². The molecule has 2 aromatic carbocycles. The Hall–Kier alpha value is -2.41. The van der Waals surface area contributed by atoms with Crippen molar-refractivity contribution in [3.05, 3.63) is 52.0 Å². The number of halogens is 4. The molecule has 0 radical (unpaired) electrons. The summed E-state index contributed by atoms with van der Waals surface area (Å²) in [4.78, 5) is 14.4. The predicted molar refractivity (Wildman–Crippen MR) is 108 cm³/mol. The van der Waals surface area contributed by atoms with Crippen molar-refractivity contribution in [1.82, 2.24) is 0 Å². The second-order valence-electron chi connectivity index (χ2n) is 7.13. The highest BCUT2D eigenvalue weighted by Gasteiger charge is 2.32. The first-order valence-electron chi connectivity index (χ1n) is 9.31. The molecular weight excluding hydrogens is 405 g/mol. The van der Waals surface area contributed by atoms with Crippen LogP contribution in [0, 0.1) is 13.8 Å². The fourth-order valence-electron chi connectivity index (χ4n) is 3.37. The van der Waals surface area contributed by atoms with Crippen molar-refractivity contribution in [1.29, 1.82) is 0 Å². The standard InChI is InChI=1S/C21H22ClF3N2O2/c1-13-9-16(10-14(2)20(13)22)29-12-19(28)26-17-11-15(21(23,24)25)5-6-18(17)27-7-3-4-8-27/h5-6,9-11H,3-4,7-8,12H2,1-2H3,(H,26,28). The third-order valence-corrected chi connectivity index (χ3v) is 5.42. The first-order chi connectivity index (χ1) is 13.6. The molecule has 29 heavy (non-hydrogen) atoms. The van der Waals surface area contributed by atoms with E-state index < -0.39 is 17.6 Å². The van der Waals surface area contributed by atoms with Gasteiger partial charge in [-0.05, 0) is 68.1 Å². The molecule has 0 bridgehead atoms. The number of aryl methyl sites for hydroxylation is 2. The van der Waals surface area contributed by atoms with E-state index >= 15 is 0 Å². The number of hydrogen-bond acceptors (Lipinski definition) is 3. The molecule has 4 nitrogen and oxygen atoms in total. The molecule has 0 atom stereocenters. The minimum Gasteiger partial charge on any atom is -0.484 e. The highest BCUT2D eigenvalue weighted by molar-refractivity contribution is 6.32. The minimum absolute atomic E-state index is 0.138. The lowest BCUT2D eigenvalue weighted by Gasteiger charge is -2.23. The van der Waals surface area contributed by atoms with Gasteiger partial charge in [0, 0.05) is 18.1 Å². The number of hydrogen-bond donors (Lipinski definition) is 1. The van der Waals surface area contributed by atoms with E-state index in [1.165, 1.54) is 6.07 Å². The molecule has 1 aliphatic heterocycles.